The van der Waals surface area contributed by atoms with E-state index in [9.17, 15) is 9.59 Å². The third kappa shape index (κ3) is 4.11. The van der Waals surface area contributed by atoms with Crippen molar-refractivity contribution in [2.24, 2.45) is 0 Å². The maximum Gasteiger partial charge on any atom is 0.311 e. The van der Waals surface area contributed by atoms with Gasteiger partial charge in [0.1, 0.15) is 5.58 Å². The highest BCUT2D eigenvalue weighted by atomic mass is 35.5. The Morgan fingerprint density at radius 1 is 1.30 bits per heavy atom. The maximum absolute atomic E-state index is 12.3. The second-order valence-corrected chi connectivity index (χ2v) is 6.64. The molecule has 140 valence electrons. The Kier molecular flexibility index (Phi) is 5.46. The number of furan rings is 1. The summed E-state index contributed by atoms with van der Waals surface area (Å²) in [5, 5.41) is 3.62. The van der Waals surface area contributed by atoms with Gasteiger partial charge >= 0.3 is 5.97 Å². The Balaban J connectivity index is 1.64. The van der Waals surface area contributed by atoms with Crippen molar-refractivity contribution in [1.29, 1.82) is 0 Å². The van der Waals surface area contributed by atoms with E-state index in [1.807, 2.05) is 26.0 Å². The SMILES string of the molecule is Cc1ccc2c(CC(=O)O[C@H](C)C(=O)Nc3cccnc3Cl)coc2c1C. The van der Waals surface area contributed by atoms with Crippen LogP contribution in [-0.2, 0) is 20.7 Å². The molecule has 2 aromatic heterocycles. The molecule has 7 heteroatoms. The van der Waals surface area contributed by atoms with Gasteiger partial charge in [0.05, 0.1) is 18.4 Å². The molecule has 0 saturated carbocycles. The lowest BCUT2D eigenvalue weighted by molar-refractivity contribution is -0.152. The van der Waals surface area contributed by atoms with Crippen molar-refractivity contribution in [2.45, 2.75) is 33.3 Å². The number of pyridine rings is 1. The van der Waals surface area contributed by atoms with Crippen LogP contribution in [0.1, 0.15) is 23.6 Å². The third-order valence-corrected chi connectivity index (χ3v) is 4.67. The van der Waals surface area contributed by atoms with Crippen LogP contribution in [0.15, 0.2) is 41.1 Å². The number of fused-ring (bicyclic) bond motifs is 1. The standard InChI is InChI=1S/C20H19ClN2O4/c1-11-6-7-15-14(10-26-18(15)12(11)2)9-17(24)27-13(3)20(25)23-16-5-4-8-22-19(16)21/h4-8,10,13H,9H2,1-3H3,(H,23,25)/t13-/m1/s1. The van der Waals surface area contributed by atoms with Gasteiger partial charge in [0.2, 0.25) is 0 Å². The van der Waals surface area contributed by atoms with Crippen LogP contribution in [0.5, 0.6) is 0 Å². The molecule has 1 N–H and O–H groups in total. The predicted molar refractivity (Wildman–Crippen MR) is 103 cm³/mol. The third-order valence-electron chi connectivity index (χ3n) is 4.37. The summed E-state index contributed by atoms with van der Waals surface area (Å²) >= 11 is 5.91. The molecule has 3 rings (SSSR count). The summed E-state index contributed by atoms with van der Waals surface area (Å²) in [5.74, 6) is -1.00. The molecule has 0 bridgehead atoms. The van der Waals surface area contributed by atoms with E-state index in [1.54, 1.807) is 18.4 Å². The maximum atomic E-state index is 12.3. The molecule has 1 aromatic carbocycles. The number of nitrogens with one attached hydrogen (secondary N) is 1. The normalized spacial score (nSPS) is 12.0. The van der Waals surface area contributed by atoms with Crippen LogP contribution in [0.4, 0.5) is 5.69 Å². The van der Waals surface area contributed by atoms with E-state index in [0.717, 1.165) is 27.7 Å². The first-order chi connectivity index (χ1) is 12.9. The number of nitrogens with zero attached hydrogens (tertiary/aromatic N) is 1. The Hall–Kier alpha value is -2.86. The fourth-order valence-electron chi connectivity index (χ4n) is 2.69. The summed E-state index contributed by atoms with van der Waals surface area (Å²) < 4.78 is 10.8. The minimum Gasteiger partial charge on any atom is -0.464 e. The molecule has 6 nitrogen and oxygen atoms in total. The summed E-state index contributed by atoms with van der Waals surface area (Å²) in [6.45, 7) is 5.47. The average molecular weight is 387 g/mol. The van der Waals surface area contributed by atoms with Gasteiger partial charge in [-0.2, -0.15) is 0 Å². The largest absolute Gasteiger partial charge is 0.464 e. The van der Waals surface area contributed by atoms with Crippen LogP contribution in [0.25, 0.3) is 11.0 Å². The fourth-order valence-corrected chi connectivity index (χ4v) is 2.85. The van der Waals surface area contributed by atoms with Crippen molar-refractivity contribution >= 4 is 40.1 Å². The van der Waals surface area contributed by atoms with Gasteiger partial charge in [-0.1, -0.05) is 23.7 Å². The Morgan fingerprint density at radius 2 is 2.07 bits per heavy atom. The number of amides is 1. The van der Waals surface area contributed by atoms with Crippen molar-refractivity contribution in [3.8, 4) is 0 Å². The van der Waals surface area contributed by atoms with Gasteiger partial charge in [-0.3, -0.25) is 9.59 Å². The summed E-state index contributed by atoms with van der Waals surface area (Å²) in [6, 6.07) is 7.16. The van der Waals surface area contributed by atoms with E-state index in [2.05, 4.69) is 10.3 Å². The Bertz CT molecular complexity index is 1010. The van der Waals surface area contributed by atoms with Crippen LogP contribution < -0.4 is 5.32 Å². The quantitative estimate of drug-likeness (QED) is 0.524. The molecule has 0 spiro atoms. The van der Waals surface area contributed by atoms with E-state index in [4.69, 9.17) is 20.8 Å². The summed E-state index contributed by atoms with van der Waals surface area (Å²) in [7, 11) is 0. The first-order valence-electron chi connectivity index (χ1n) is 8.44. The Morgan fingerprint density at radius 3 is 2.81 bits per heavy atom. The monoisotopic (exact) mass is 386 g/mol. The number of halogens is 1. The lowest BCUT2D eigenvalue weighted by atomic mass is 10.0. The lowest BCUT2D eigenvalue weighted by Crippen LogP contribution is -2.30. The first kappa shape index (κ1) is 18.9. The van der Waals surface area contributed by atoms with E-state index in [0.29, 0.717) is 5.69 Å². The minimum atomic E-state index is -0.976. The molecule has 27 heavy (non-hydrogen) atoms. The molecule has 1 atom stereocenters. The van der Waals surface area contributed by atoms with Crippen molar-refractivity contribution < 1.29 is 18.7 Å². The topological polar surface area (TPSA) is 81.4 Å². The lowest BCUT2D eigenvalue weighted by Gasteiger charge is -2.13. The van der Waals surface area contributed by atoms with Crippen molar-refractivity contribution in [1.82, 2.24) is 4.98 Å². The van der Waals surface area contributed by atoms with Crippen molar-refractivity contribution in [3.63, 3.8) is 0 Å². The molecule has 0 saturated heterocycles. The second-order valence-electron chi connectivity index (χ2n) is 6.28. The van der Waals surface area contributed by atoms with Gasteiger partial charge in [0.15, 0.2) is 11.3 Å². The van der Waals surface area contributed by atoms with Gasteiger partial charge in [-0.25, -0.2) is 4.98 Å². The number of aryl methyl sites for hydroxylation is 2. The second kappa shape index (κ2) is 7.80. The van der Waals surface area contributed by atoms with Gasteiger partial charge in [0.25, 0.3) is 5.91 Å². The van der Waals surface area contributed by atoms with E-state index in [1.165, 1.54) is 13.1 Å². The van der Waals surface area contributed by atoms with E-state index >= 15 is 0 Å². The summed E-state index contributed by atoms with van der Waals surface area (Å²) in [6.07, 6.45) is 2.11. The highest BCUT2D eigenvalue weighted by Gasteiger charge is 2.20. The van der Waals surface area contributed by atoms with Gasteiger partial charge in [-0.05, 0) is 44.0 Å². The Labute approximate surface area is 161 Å². The molecule has 0 aliphatic heterocycles. The summed E-state index contributed by atoms with van der Waals surface area (Å²) in [4.78, 5) is 28.3. The fraction of sp³-hybridized carbons (Fsp3) is 0.250. The zero-order valence-corrected chi connectivity index (χ0v) is 16.0. The van der Waals surface area contributed by atoms with Crippen LogP contribution in [0.3, 0.4) is 0 Å². The number of rotatable bonds is 5. The highest BCUT2D eigenvalue weighted by molar-refractivity contribution is 6.32. The molecular formula is C20H19ClN2O4. The van der Waals surface area contributed by atoms with Crippen LogP contribution >= 0.6 is 11.6 Å². The van der Waals surface area contributed by atoms with Crippen LogP contribution in [0, 0.1) is 13.8 Å². The molecule has 0 fully saturated rings. The molecular weight excluding hydrogens is 368 g/mol. The number of benzene rings is 1. The van der Waals surface area contributed by atoms with Gasteiger partial charge < -0.3 is 14.5 Å². The van der Waals surface area contributed by atoms with E-state index < -0.39 is 18.0 Å². The molecule has 2 heterocycles. The number of hydrogen-bond donors (Lipinski definition) is 1. The zero-order chi connectivity index (χ0) is 19.6. The molecule has 0 aliphatic rings. The first-order valence-corrected chi connectivity index (χ1v) is 8.81. The number of ether oxygens (including phenoxy) is 1. The zero-order valence-electron chi connectivity index (χ0n) is 15.2. The van der Waals surface area contributed by atoms with Gasteiger partial charge in [-0.15, -0.1) is 0 Å². The summed E-state index contributed by atoms with van der Waals surface area (Å²) in [5.41, 5.74) is 3.99. The number of aromatic nitrogens is 1. The van der Waals surface area contributed by atoms with Crippen LogP contribution in [0.2, 0.25) is 5.15 Å². The average Bonchev–Trinajstić information content (AvgIpc) is 3.03. The van der Waals surface area contributed by atoms with Crippen LogP contribution in [-0.4, -0.2) is 23.0 Å². The van der Waals surface area contributed by atoms with Gasteiger partial charge in [0, 0.05) is 17.1 Å². The predicted octanol–water partition coefficient (Wildman–Crippen LogP) is 4.21. The highest BCUT2D eigenvalue weighted by Crippen LogP contribution is 2.27. The molecule has 0 radical (unpaired) electrons. The van der Waals surface area contributed by atoms with E-state index in [-0.39, 0.29) is 11.6 Å². The van der Waals surface area contributed by atoms with Crippen molar-refractivity contribution in [2.75, 3.05) is 5.32 Å². The molecule has 1 amide bonds. The molecule has 0 aliphatic carbocycles. The number of esters is 1. The number of carbonyl (C=O) groups is 2. The number of anilines is 1. The molecule has 0 unspecified atom stereocenters. The molecule has 3 aromatic rings. The smallest absolute Gasteiger partial charge is 0.311 e. The number of hydrogen-bond acceptors (Lipinski definition) is 5. The van der Waals surface area contributed by atoms with Crippen molar-refractivity contribution in [3.05, 3.63) is 58.6 Å². The minimum absolute atomic E-state index is 0.0147. The number of carbonyl (C=O) groups excluding carboxylic acids is 2.